The Labute approximate surface area is 175 Å². The lowest BCUT2D eigenvalue weighted by Gasteiger charge is -2.34. The Kier molecular flexibility index (Phi) is 6.91. The van der Waals surface area contributed by atoms with Crippen LogP contribution in [0.3, 0.4) is 0 Å². The second-order valence-corrected chi connectivity index (χ2v) is 8.38. The summed E-state index contributed by atoms with van der Waals surface area (Å²) in [4.78, 5) is 25.6. The van der Waals surface area contributed by atoms with E-state index in [1.54, 1.807) is 54.3 Å². The molecule has 0 radical (unpaired) electrons. The van der Waals surface area contributed by atoms with Crippen molar-refractivity contribution in [3.8, 4) is 5.75 Å². The molecule has 0 saturated carbocycles. The van der Waals surface area contributed by atoms with Crippen LogP contribution in [0.5, 0.6) is 5.75 Å². The van der Waals surface area contributed by atoms with Crippen LogP contribution in [0.1, 0.15) is 6.92 Å². The van der Waals surface area contributed by atoms with Gasteiger partial charge in [0, 0.05) is 31.9 Å². The van der Waals surface area contributed by atoms with Gasteiger partial charge in [-0.05, 0) is 43.3 Å². The molecule has 3 rings (SSSR count). The summed E-state index contributed by atoms with van der Waals surface area (Å²) in [5.41, 5.74) is 0.524. The number of urea groups is 1. The molecule has 0 aromatic heterocycles. The number of piperazine rings is 1. The summed E-state index contributed by atoms with van der Waals surface area (Å²) >= 11 is 0. The number of benzene rings is 2. The van der Waals surface area contributed by atoms with Crippen LogP contribution in [0.25, 0.3) is 0 Å². The zero-order valence-electron chi connectivity index (χ0n) is 16.5. The molecule has 1 heterocycles. The highest BCUT2D eigenvalue weighted by atomic mass is 32.2. The van der Waals surface area contributed by atoms with E-state index in [2.05, 4.69) is 5.32 Å². The molecule has 1 aliphatic heterocycles. The van der Waals surface area contributed by atoms with Crippen molar-refractivity contribution in [1.29, 1.82) is 0 Å². The number of nitrogens with one attached hydrogen (secondary N) is 1. The third-order valence-corrected chi connectivity index (χ3v) is 6.39. The monoisotopic (exact) mass is 433 g/mol. The van der Waals surface area contributed by atoms with E-state index in [4.69, 9.17) is 9.47 Å². The maximum Gasteiger partial charge on any atom is 0.513 e. The highest BCUT2D eigenvalue weighted by Crippen LogP contribution is 2.19. The van der Waals surface area contributed by atoms with Crippen LogP contribution in [0.4, 0.5) is 15.3 Å². The Hall–Kier alpha value is -3.11. The maximum atomic E-state index is 12.7. The van der Waals surface area contributed by atoms with E-state index in [9.17, 15) is 18.0 Å². The number of hydrogen-bond acceptors (Lipinski definition) is 6. The van der Waals surface area contributed by atoms with E-state index >= 15 is 0 Å². The van der Waals surface area contributed by atoms with Crippen molar-refractivity contribution in [2.24, 2.45) is 0 Å². The summed E-state index contributed by atoms with van der Waals surface area (Å²) in [5.74, 6) is 0.297. The molecule has 30 heavy (non-hydrogen) atoms. The number of amides is 2. The molecule has 1 saturated heterocycles. The van der Waals surface area contributed by atoms with E-state index in [1.807, 2.05) is 0 Å². The molecule has 0 unspecified atom stereocenters. The summed E-state index contributed by atoms with van der Waals surface area (Å²) in [6.07, 6.45) is -0.794. The Balaban J connectivity index is 1.52. The normalized spacial score (nSPS) is 14.8. The SMILES string of the molecule is CCOC(=O)Oc1ccc(NC(=O)N2CCN(S(=O)(=O)c3ccccc3)CC2)cc1. The van der Waals surface area contributed by atoms with Gasteiger partial charge in [-0.25, -0.2) is 18.0 Å². The molecule has 1 aliphatic rings. The maximum absolute atomic E-state index is 12.7. The minimum absolute atomic E-state index is 0.215. The number of ether oxygens (including phenoxy) is 2. The third-order valence-electron chi connectivity index (χ3n) is 4.48. The molecule has 0 aliphatic carbocycles. The standard InChI is InChI=1S/C20H23N3O6S/c1-2-28-20(25)29-17-10-8-16(9-11-17)21-19(24)22-12-14-23(15-13-22)30(26,27)18-6-4-3-5-7-18/h3-11H,2,12-15H2,1H3,(H,21,24). The fourth-order valence-corrected chi connectivity index (χ4v) is 4.37. The Bertz CT molecular complexity index is 971. The highest BCUT2D eigenvalue weighted by Gasteiger charge is 2.30. The smallest absolute Gasteiger partial charge is 0.434 e. The summed E-state index contributed by atoms with van der Waals surface area (Å²) < 4.78 is 36.4. The van der Waals surface area contributed by atoms with Crippen molar-refractivity contribution in [3.63, 3.8) is 0 Å². The van der Waals surface area contributed by atoms with Gasteiger partial charge in [-0.1, -0.05) is 18.2 Å². The molecule has 10 heteroatoms. The quantitative estimate of drug-likeness (QED) is 0.574. The Morgan fingerprint density at radius 3 is 2.20 bits per heavy atom. The van der Waals surface area contributed by atoms with E-state index in [1.165, 1.54) is 16.4 Å². The van der Waals surface area contributed by atoms with Crippen LogP contribution in [0.15, 0.2) is 59.5 Å². The first-order chi connectivity index (χ1) is 14.4. The van der Waals surface area contributed by atoms with E-state index in [-0.39, 0.29) is 43.7 Å². The third kappa shape index (κ3) is 5.28. The minimum Gasteiger partial charge on any atom is -0.434 e. The number of carbonyl (C=O) groups excluding carboxylic acids is 2. The zero-order chi connectivity index (χ0) is 21.6. The summed E-state index contributed by atoms with van der Waals surface area (Å²) in [6, 6.07) is 14.2. The number of carbonyl (C=O) groups is 2. The predicted octanol–water partition coefficient (Wildman–Crippen LogP) is 2.76. The fraction of sp³-hybridized carbons (Fsp3) is 0.300. The summed E-state index contributed by atoms with van der Waals surface area (Å²) in [7, 11) is -3.57. The molecular formula is C20H23N3O6S. The molecule has 160 valence electrons. The van der Waals surface area contributed by atoms with Gasteiger partial charge in [-0.2, -0.15) is 4.31 Å². The van der Waals surface area contributed by atoms with Gasteiger partial charge < -0.3 is 19.7 Å². The predicted molar refractivity (Wildman–Crippen MR) is 110 cm³/mol. The molecular weight excluding hydrogens is 410 g/mol. The molecule has 1 N–H and O–H groups in total. The molecule has 0 spiro atoms. The van der Waals surface area contributed by atoms with E-state index in [0.717, 1.165) is 0 Å². The lowest BCUT2D eigenvalue weighted by atomic mass is 10.3. The van der Waals surface area contributed by atoms with Gasteiger partial charge in [0.15, 0.2) is 0 Å². The van der Waals surface area contributed by atoms with Crippen molar-refractivity contribution < 1.29 is 27.5 Å². The molecule has 2 aromatic rings. The summed E-state index contributed by atoms with van der Waals surface area (Å²) in [5, 5.41) is 2.75. The number of nitrogens with zero attached hydrogens (tertiary/aromatic N) is 2. The zero-order valence-corrected chi connectivity index (χ0v) is 17.3. The van der Waals surface area contributed by atoms with Crippen molar-refractivity contribution in [2.75, 3.05) is 38.1 Å². The minimum atomic E-state index is -3.57. The topological polar surface area (TPSA) is 105 Å². The van der Waals surface area contributed by atoms with Gasteiger partial charge >= 0.3 is 12.2 Å². The number of hydrogen-bond donors (Lipinski definition) is 1. The average Bonchev–Trinajstić information content (AvgIpc) is 2.76. The van der Waals surface area contributed by atoms with Gasteiger partial charge in [0.2, 0.25) is 10.0 Å². The summed E-state index contributed by atoms with van der Waals surface area (Å²) in [6.45, 7) is 2.89. The van der Waals surface area contributed by atoms with Crippen LogP contribution in [-0.2, 0) is 14.8 Å². The van der Waals surface area contributed by atoms with Crippen LogP contribution in [0, 0.1) is 0 Å². The van der Waals surface area contributed by atoms with Gasteiger partial charge in [-0.15, -0.1) is 0 Å². The van der Waals surface area contributed by atoms with Gasteiger partial charge in [0.05, 0.1) is 11.5 Å². The van der Waals surface area contributed by atoms with Crippen molar-refractivity contribution in [2.45, 2.75) is 11.8 Å². The van der Waals surface area contributed by atoms with Crippen LogP contribution in [-0.4, -0.2) is 62.6 Å². The van der Waals surface area contributed by atoms with Crippen molar-refractivity contribution >= 4 is 27.9 Å². The number of anilines is 1. The van der Waals surface area contributed by atoms with E-state index < -0.39 is 16.2 Å². The largest absolute Gasteiger partial charge is 0.513 e. The van der Waals surface area contributed by atoms with Crippen molar-refractivity contribution in [3.05, 3.63) is 54.6 Å². The molecule has 1 fully saturated rings. The van der Waals surface area contributed by atoms with Gasteiger partial charge in [-0.3, -0.25) is 0 Å². The molecule has 0 atom stereocenters. The second kappa shape index (κ2) is 9.59. The van der Waals surface area contributed by atoms with E-state index in [0.29, 0.717) is 11.4 Å². The lowest BCUT2D eigenvalue weighted by molar-refractivity contribution is 0.104. The van der Waals surface area contributed by atoms with Gasteiger partial charge in [0.1, 0.15) is 5.75 Å². The molecule has 2 amide bonds. The van der Waals surface area contributed by atoms with Crippen LogP contribution < -0.4 is 10.1 Å². The first-order valence-corrected chi connectivity index (χ1v) is 10.9. The highest BCUT2D eigenvalue weighted by molar-refractivity contribution is 7.89. The number of sulfonamides is 1. The fourth-order valence-electron chi connectivity index (χ4n) is 2.93. The van der Waals surface area contributed by atoms with Crippen LogP contribution >= 0.6 is 0 Å². The lowest BCUT2D eigenvalue weighted by Crippen LogP contribution is -2.51. The first-order valence-electron chi connectivity index (χ1n) is 9.46. The molecule has 2 aromatic carbocycles. The Morgan fingerprint density at radius 2 is 1.60 bits per heavy atom. The number of rotatable bonds is 5. The second-order valence-electron chi connectivity index (χ2n) is 6.44. The Morgan fingerprint density at radius 1 is 0.967 bits per heavy atom. The van der Waals surface area contributed by atoms with Crippen LogP contribution in [0.2, 0.25) is 0 Å². The molecule has 9 nitrogen and oxygen atoms in total. The molecule has 0 bridgehead atoms. The average molecular weight is 433 g/mol. The van der Waals surface area contributed by atoms with Crippen molar-refractivity contribution in [1.82, 2.24) is 9.21 Å². The van der Waals surface area contributed by atoms with Gasteiger partial charge in [0.25, 0.3) is 0 Å². The first kappa shape index (κ1) is 21.6.